The summed E-state index contributed by atoms with van der Waals surface area (Å²) in [7, 11) is 3.28. The van der Waals surface area contributed by atoms with Gasteiger partial charge in [0.1, 0.15) is 5.69 Å². The summed E-state index contributed by atoms with van der Waals surface area (Å²) in [5, 5.41) is 1.10. The van der Waals surface area contributed by atoms with Crippen LogP contribution in [0.4, 0.5) is 0 Å². The average Bonchev–Trinajstić information content (AvgIpc) is 3.11. The number of aryl methyl sites for hydroxylation is 2. The summed E-state index contributed by atoms with van der Waals surface area (Å²) in [6, 6.07) is 10.2. The van der Waals surface area contributed by atoms with Crippen LogP contribution in [0.25, 0.3) is 10.9 Å². The maximum atomic E-state index is 13.3. The number of hydrogen-bond acceptors (Lipinski definition) is 3. The number of nitrogens with zero attached hydrogens (tertiary/aromatic N) is 1. The predicted octanol–water partition coefficient (Wildman–Crippen LogP) is 4.56. The third-order valence-electron chi connectivity index (χ3n) is 5.77. The van der Waals surface area contributed by atoms with Gasteiger partial charge in [-0.1, -0.05) is 6.07 Å². The highest BCUT2D eigenvalue weighted by Gasteiger charge is 2.30. The summed E-state index contributed by atoms with van der Waals surface area (Å²) in [5.41, 5.74) is 6.33. The number of amides is 1. The minimum Gasteiger partial charge on any atom is -0.493 e. The number of rotatable bonds is 3. The molecule has 0 bridgehead atoms. The summed E-state index contributed by atoms with van der Waals surface area (Å²) in [4.78, 5) is 18.6. The Hall–Kier alpha value is -2.95. The van der Waals surface area contributed by atoms with Gasteiger partial charge in [-0.15, -0.1) is 0 Å². The number of aromatic amines is 1. The first kappa shape index (κ1) is 18.4. The van der Waals surface area contributed by atoms with Crippen molar-refractivity contribution in [3.63, 3.8) is 0 Å². The van der Waals surface area contributed by atoms with Gasteiger partial charge in [-0.2, -0.15) is 0 Å². The molecule has 0 saturated carbocycles. The van der Waals surface area contributed by atoms with E-state index in [1.165, 1.54) is 16.7 Å². The van der Waals surface area contributed by atoms with E-state index in [4.69, 9.17) is 9.47 Å². The number of nitrogens with one attached hydrogen (secondary N) is 1. The summed E-state index contributed by atoms with van der Waals surface area (Å²) >= 11 is 0. The summed E-state index contributed by atoms with van der Waals surface area (Å²) in [5.74, 6) is 1.45. The van der Waals surface area contributed by atoms with E-state index in [1.54, 1.807) is 14.2 Å². The van der Waals surface area contributed by atoms with Crippen LogP contribution in [0, 0.1) is 13.8 Å². The van der Waals surface area contributed by atoms with Crippen LogP contribution in [-0.2, 0) is 6.42 Å². The molecule has 146 valence electrons. The highest BCUT2D eigenvalue weighted by molar-refractivity contribution is 5.99. The van der Waals surface area contributed by atoms with Gasteiger partial charge in [0.2, 0.25) is 0 Å². The van der Waals surface area contributed by atoms with Crippen molar-refractivity contribution in [1.29, 1.82) is 0 Å². The van der Waals surface area contributed by atoms with Crippen LogP contribution in [-0.4, -0.2) is 36.6 Å². The third kappa shape index (κ3) is 2.91. The van der Waals surface area contributed by atoms with Crippen molar-refractivity contribution in [3.05, 3.63) is 58.3 Å². The molecule has 1 amide bonds. The quantitative estimate of drug-likeness (QED) is 0.727. The second-order valence-electron chi connectivity index (χ2n) is 7.56. The first-order chi connectivity index (χ1) is 13.4. The number of benzene rings is 2. The number of aromatic nitrogens is 1. The topological polar surface area (TPSA) is 54.6 Å². The summed E-state index contributed by atoms with van der Waals surface area (Å²) in [6.45, 7) is 6.90. The molecule has 4 rings (SSSR count). The lowest BCUT2D eigenvalue weighted by atomic mass is 9.92. The van der Waals surface area contributed by atoms with Gasteiger partial charge in [0.05, 0.1) is 20.3 Å². The molecule has 0 unspecified atom stereocenters. The molecular weight excluding hydrogens is 352 g/mol. The van der Waals surface area contributed by atoms with Crippen molar-refractivity contribution >= 4 is 16.8 Å². The van der Waals surface area contributed by atoms with Crippen molar-refractivity contribution in [1.82, 2.24) is 9.88 Å². The number of methoxy groups -OCH3 is 2. The van der Waals surface area contributed by atoms with E-state index in [-0.39, 0.29) is 11.9 Å². The van der Waals surface area contributed by atoms with E-state index in [0.29, 0.717) is 18.0 Å². The zero-order chi connectivity index (χ0) is 20.0. The van der Waals surface area contributed by atoms with E-state index in [2.05, 4.69) is 37.9 Å². The van der Waals surface area contributed by atoms with Crippen LogP contribution in [0.5, 0.6) is 11.5 Å². The molecule has 0 radical (unpaired) electrons. The van der Waals surface area contributed by atoms with E-state index in [9.17, 15) is 4.79 Å². The summed E-state index contributed by atoms with van der Waals surface area (Å²) < 4.78 is 10.9. The molecule has 1 atom stereocenters. The Bertz CT molecular complexity index is 1070. The largest absolute Gasteiger partial charge is 0.493 e. The molecule has 1 aliphatic heterocycles. The van der Waals surface area contributed by atoms with Crippen molar-refractivity contribution in [3.8, 4) is 11.5 Å². The van der Waals surface area contributed by atoms with Crippen LogP contribution < -0.4 is 9.47 Å². The molecule has 1 aromatic heterocycles. The molecule has 2 aromatic carbocycles. The molecule has 1 aliphatic rings. The normalized spacial score (nSPS) is 16.2. The molecule has 0 spiro atoms. The number of H-pyrrole nitrogens is 1. The fraction of sp³-hybridized carbons (Fsp3) is 0.348. The second-order valence-corrected chi connectivity index (χ2v) is 7.56. The molecule has 1 N–H and O–H groups in total. The molecular formula is C23H26N2O3. The maximum Gasteiger partial charge on any atom is 0.270 e. The Balaban J connectivity index is 1.69. The van der Waals surface area contributed by atoms with E-state index in [1.807, 2.05) is 23.1 Å². The molecule has 5 heteroatoms. The Morgan fingerprint density at radius 3 is 2.50 bits per heavy atom. The van der Waals surface area contributed by atoms with Crippen LogP contribution in [0.3, 0.4) is 0 Å². The molecule has 3 aromatic rings. The molecule has 5 nitrogen and oxygen atoms in total. The first-order valence-corrected chi connectivity index (χ1v) is 9.58. The Morgan fingerprint density at radius 2 is 1.79 bits per heavy atom. The van der Waals surface area contributed by atoms with Crippen molar-refractivity contribution in [2.45, 2.75) is 33.2 Å². The zero-order valence-corrected chi connectivity index (χ0v) is 17.1. The minimum atomic E-state index is -0.0368. The van der Waals surface area contributed by atoms with E-state index in [0.717, 1.165) is 28.6 Å². The van der Waals surface area contributed by atoms with Crippen LogP contribution in [0.15, 0.2) is 30.3 Å². The van der Waals surface area contributed by atoms with Gasteiger partial charge in [0, 0.05) is 17.4 Å². The van der Waals surface area contributed by atoms with Crippen molar-refractivity contribution in [2.75, 3.05) is 20.8 Å². The van der Waals surface area contributed by atoms with Crippen LogP contribution >= 0.6 is 0 Å². The highest BCUT2D eigenvalue weighted by Crippen LogP contribution is 2.38. The minimum absolute atomic E-state index is 0.0289. The maximum absolute atomic E-state index is 13.3. The number of hydrogen-bond donors (Lipinski definition) is 1. The number of carbonyl (C=O) groups is 1. The Morgan fingerprint density at radius 1 is 1.07 bits per heavy atom. The predicted molar refractivity (Wildman–Crippen MR) is 110 cm³/mol. The standard InChI is InChI=1S/C23H26N2O3/c1-13-8-14(2)17-11-20(24-19(17)9-13)23(26)25-7-6-16-10-21(27-4)22(28-5)12-18(16)15(25)3/h8-12,15,24H,6-7H2,1-5H3/t15-/m0/s1. The van der Waals surface area contributed by atoms with E-state index < -0.39 is 0 Å². The number of carbonyl (C=O) groups excluding carboxylic acids is 1. The molecule has 0 aliphatic carbocycles. The lowest BCUT2D eigenvalue weighted by Gasteiger charge is -2.35. The molecule has 28 heavy (non-hydrogen) atoms. The average molecular weight is 378 g/mol. The van der Waals surface area contributed by atoms with Gasteiger partial charge in [-0.3, -0.25) is 4.79 Å². The zero-order valence-electron chi connectivity index (χ0n) is 17.1. The number of ether oxygens (including phenoxy) is 2. The first-order valence-electron chi connectivity index (χ1n) is 9.58. The van der Waals surface area contributed by atoms with Gasteiger partial charge in [-0.25, -0.2) is 0 Å². The lowest BCUT2D eigenvalue weighted by Crippen LogP contribution is -2.39. The highest BCUT2D eigenvalue weighted by atomic mass is 16.5. The van der Waals surface area contributed by atoms with Crippen LogP contribution in [0.2, 0.25) is 0 Å². The van der Waals surface area contributed by atoms with Crippen LogP contribution in [0.1, 0.15) is 45.7 Å². The van der Waals surface area contributed by atoms with Gasteiger partial charge < -0.3 is 19.4 Å². The summed E-state index contributed by atoms with van der Waals surface area (Å²) in [6.07, 6.45) is 0.796. The fourth-order valence-electron chi connectivity index (χ4n) is 4.29. The van der Waals surface area contributed by atoms with Gasteiger partial charge in [0.25, 0.3) is 5.91 Å². The van der Waals surface area contributed by atoms with Gasteiger partial charge in [0.15, 0.2) is 11.5 Å². The molecule has 2 heterocycles. The fourth-order valence-corrected chi connectivity index (χ4v) is 4.29. The monoisotopic (exact) mass is 378 g/mol. The smallest absolute Gasteiger partial charge is 0.270 e. The SMILES string of the molecule is COc1cc2c(cc1OC)[C@H](C)N(C(=O)c1cc3c(C)cc(C)cc3[nH]1)CC2. The Kier molecular flexibility index (Phi) is 4.53. The van der Waals surface area contributed by atoms with Crippen molar-refractivity contribution < 1.29 is 14.3 Å². The van der Waals surface area contributed by atoms with E-state index >= 15 is 0 Å². The van der Waals surface area contributed by atoms with Gasteiger partial charge >= 0.3 is 0 Å². The second kappa shape index (κ2) is 6.89. The molecule has 0 saturated heterocycles. The van der Waals surface area contributed by atoms with Crippen molar-refractivity contribution in [2.24, 2.45) is 0 Å². The molecule has 0 fully saturated rings. The third-order valence-corrected chi connectivity index (χ3v) is 5.77. The lowest BCUT2D eigenvalue weighted by molar-refractivity contribution is 0.0672. The number of fused-ring (bicyclic) bond motifs is 2. The van der Waals surface area contributed by atoms with Gasteiger partial charge in [-0.05, 0) is 73.7 Å². The Labute approximate surface area is 165 Å².